The van der Waals surface area contributed by atoms with Crippen LogP contribution in [0.1, 0.15) is 49.9 Å². The topological polar surface area (TPSA) is 17.0 Å². The third-order valence-corrected chi connectivity index (χ3v) is 4.67. The van der Waals surface area contributed by atoms with Crippen molar-refractivity contribution < 1.29 is 0 Å². The van der Waals surface area contributed by atoms with Crippen molar-refractivity contribution in [3.63, 3.8) is 0 Å². The van der Waals surface area contributed by atoms with Crippen molar-refractivity contribution in [2.45, 2.75) is 45.2 Å². The predicted octanol–water partition coefficient (Wildman–Crippen LogP) is 4.26. The van der Waals surface area contributed by atoms with Gasteiger partial charge in [0.25, 0.3) is 0 Å². The van der Waals surface area contributed by atoms with Crippen LogP contribution in [0.2, 0.25) is 0 Å². The lowest BCUT2D eigenvalue weighted by Crippen LogP contribution is -2.20. The molecule has 18 heavy (non-hydrogen) atoms. The molecule has 96 valence electrons. The highest BCUT2D eigenvalue weighted by atomic mass is 32.1. The van der Waals surface area contributed by atoms with Crippen molar-refractivity contribution in [2.75, 3.05) is 0 Å². The fraction of sp³-hybridized carbons (Fsp3) is 0.467. The van der Waals surface area contributed by atoms with Crippen molar-refractivity contribution in [3.05, 3.63) is 41.0 Å². The van der Waals surface area contributed by atoms with Crippen LogP contribution < -0.4 is 5.32 Å². The summed E-state index contributed by atoms with van der Waals surface area (Å²) in [6, 6.07) is 7.17. The molecule has 2 aromatic rings. The van der Waals surface area contributed by atoms with Crippen LogP contribution in [0.4, 0.5) is 0 Å². The molecule has 0 aliphatic carbocycles. The largest absolute Gasteiger partial charge is 0.311 e. The van der Waals surface area contributed by atoms with Crippen LogP contribution in [-0.4, -0.2) is 4.57 Å². The zero-order valence-corrected chi connectivity index (χ0v) is 11.7. The Labute approximate surface area is 113 Å². The molecule has 0 bridgehead atoms. The minimum Gasteiger partial charge on any atom is -0.311 e. The summed E-state index contributed by atoms with van der Waals surface area (Å²) in [7, 11) is 0. The Morgan fingerprint density at radius 2 is 2.33 bits per heavy atom. The quantitative estimate of drug-likeness (QED) is 0.813. The van der Waals surface area contributed by atoms with Gasteiger partial charge in [-0.05, 0) is 30.0 Å². The Kier molecular flexibility index (Phi) is 3.52. The van der Waals surface area contributed by atoms with E-state index in [1.807, 2.05) is 11.3 Å². The Morgan fingerprint density at radius 3 is 3.22 bits per heavy atom. The number of fused-ring (bicyclic) bond motifs is 3. The summed E-state index contributed by atoms with van der Waals surface area (Å²) >= 11 is 1.84. The number of hydrogen-bond acceptors (Lipinski definition) is 2. The molecule has 0 saturated carbocycles. The van der Waals surface area contributed by atoms with Crippen molar-refractivity contribution >= 4 is 11.3 Å². The number of nitrogens with zero attached hydrogens (tertiary/aromatic N) is 1. The molecule has 1 unspecified atom stereocenters. The van der Waals surface area contributed by atoms with Crippen molar-refractivity contribution in [1.29, 1.82) is 0 Å². The Hall–Kier alpha value is -1.06. The molecule has 3 heterocycles. The van der Waals surface area contributed by atoms with Crippen LogP contribution in [0, 0.1) is 0 Å². The first-order valence-electron chi connectivity index (χ1n) is 6.87. The lowest BCUT2D eigenvalue weighted by Gasteiger charge is -2.17. The van der Waals surface area contributed by atoms with Gasteiger partial charge in [0.2, 0.25) is 0 Å². The molecule has 3 heteroatoms. The molecule has 1 aliphatic heterocycles. The average molecular weight is 260 g/mol. The summed E-state index contributed by atoms with van der Waals surface area (Å²) in [4.78, 5) is 0. The van der Waals surface area contributed by atoms with E-state index in [-0.39, 0.29) is 0 Å². The van der Waals surface area contributed by atoms with E-state index < -0.39 is 0 Å². The first-order valence-corrected chi connectivity index (χ1v) is 7.75. The van der Waals surface area contributed by atoms with Crippen LogP contribution in [0.5, 0.6) is 0 Å². The number of nitrogens with one attached hydrogen (secondary N) is 1. The molecule has 1 aliphatic rings. The molecule has 0 amide bonds. The summed E-state index contributed by atoms with van der Waals surface area (Å²) in [6.45, 7) is 3.26. The molecule has 0 aromatic carbocycles. The van der Waals surface area contributed by atoms with Gasteiger partial charge >= 0.3 is 0 Å². The highest BCUT2D eigenvalue weighted by Gasteiger charge is 2.21. The van der Waals surface area contributed by atoms with E-state index in [2.05, 4.69) is 46.6 Å². The van der Waals surface area contributed by atoms with E-state index in [9.17, 15) is 0 Å². The minimum absolute atomic E-state index is 0.506. The minimum atomic E-state index is 0.506. The number of thiophene rings is 1. The van der Waals surface area contributed by atoms with Gasteiger partial charge in [-0.15, -0.1) is 11.3 Å². The number of aromatic nitrogens is 1. The van der Waals surface area contributed by atoms with E-state index in [1.54, 1.807) is 0 Å². The lowest BCUT2D eigenvalue weighted by atomic mass is 10.1. The molecule has 1 N–H and O–H groups in total. The van der Waals surface area contributed by atoms with Gasteiger partial charge in [-0.25, -0.2) is 0 Å². The second kappa shape index (κ2) is 5.29. The first kappa shape index (κ1) is 12.0. The second-order valence-corrected chi connectivity index (χ2v) is 5.88. The molecule has 2 aromatic heterocycles. The van der Waals surface area contributed by atoms with Gasteiger partial charge in [-0.2, -0.15) is 0 Å². The van der Waals surface area contributed by atoms with Gasteiger partial charge in [0.15, 0.2) is 0 Å². The maximum Gasteiger partial charge on any atom is 0.104 e. The standard InChI is InChI=1S/C15H20N2S/c1-2-3-4-6-13-14-7-5-9-17(14)15-12(11-16-13)8-10-18-15/h5,7-10,13,16H,2-4,6,11H2,1H3. The van der Waals surface area contributed by atoms with Gasteiger partial charge in [-0.1, -0.05) is 26.2 Å². The van der Waals surface area contributed by atoms with Crippen LogP contribution in [0.25, 0.3) is 5.00 Å². The molecule has 0 radical (unpaired) electrons. The van der Waals surface area contributed by atoms with Crippen molar-refractivity contribution in [2.24, 2.45) is 0 Å². The van der Waals surface area contributed by atoms with Gasteiger partial charge < -0.3 is 9.88 Å². The number of hydrogen-bond donors (Lipinski definition) is 1. The maximum atomic E-state index is 3.71. The summed E-state index contributed by atoms with van der Waals surface area (Å²) in [5.41, 5.74) is 2.85. The second-order valence-electron chi connectivity index (χ2n) is 4.98. The van der Waals surface area contributed by atoms with Crippen LogP contribution in [-0.2, 0) is 6.54 Å². The van der Waals surface area contributed by atoms with Crippen molar-refractivity contribution in [3.8, 4) is 5.00 Å². The van der Waals surface area contributed by atoms with Gasteiger partial charge in [0.05, 0.1) is 0 Å². The van der Waals surface area contributed by atoms with Crippen LogP contribution >= 0.6 is 11.3 Å². The highest BCUT2D eigenvalue weighted by Crippen LogP contribution is 2.31. The maximum absolute atomic E-state index is 3.71. The molecule has 2 nitrogen and oxygen atoms in total. The number of unbranched alkanes of at least 4 members (excludes halogenated alkanes) is 2. The molecular weight excluding hydrogens is 240 g/mol. The summed E-state index contributed by atoms with van der Waals surface area (Å²) in [5.74, 6) is 0. The Balaban J connectivity index is 1.87. The van der Waals surface area contributed by atoms with E-state index in [4.69, 9.17) is 0 Å². The fourth-order valence-electron chi connectivity index (χ4n) is 2.72. The van der Waals surface area contributed by atoms with Crippen molar-refractivity contribution in [1.82, 2.24) is 9.88 Å². The molecule has 0 saturated heterocycles. The van der Waals surface area contributed by atoms with Gasteiger partial charge in [0, 0.05) is 30.0 Å². The fourth-order valence-corrected chi connectivity index (χ4v) is 3.66. The normalized spacial score (nSPS) is 18.2. The number of rotatable bonds is 4. The monoisotopic (exact) mass is 260 g/mol. The van der Waals surface area contributed by atoms with E-state index in [1.165, 1.54) is 41.9 Å². The third-order valence-electron chi connectivity index (χ3n) is 3.71. The summed E-state index contributed by atoms with van der Waals surface area (Å²) in [5, 5.41) is 7.29. The van der Waals surface area contributed by atoms with E-state index >= 15 is 0 Å². The van der Waals surface area contributed by atoms with Gasteiger partial charge in [-0.3, -0.25) is 0 Å². The smallest absolute Gasteiger partial charge is 0.104 e. The third kappa shape index (κ3) is 2.13. The zero-order chi connectivity index (χ0) is 12.4. The highest BCUT2D eigenvalue weighted by molar-refractivity contribution is 7.12. The predicted molar refractivity (Wildman–Crippen MR) is 77.4 cm³/mol. The van der Waals surface area contributed by atoms with Crippen LogP contribution in [0.3, 0.4) is 0 Å². The molecule has 1 atom stereocenters. The summed E-state index contributed by atoms with van der Waals surface area (Å²) < 4.78 is 2.37. The summed E-state index contributed by atoms with van der Waals surface area (Å²) in [6.07, 6.45) is 7.38. The Morgan fingerprint density at radius 1 is 1.39 bits per heavy atom. The SMILES string of the molecule is CCCCCC1NCc2ccsc2-n2cccc21. The van der Waals surface area contributed by atoms with Crippen LogP contribution in [0.15, 0.2) is 29.8 Å². The molecule has 0 fully saturated rings. The zero-order valence-electron chi connectivity index (χ0n) is 10.9. The molecular formula is C15H20N2S. The van der Waals surface area contributed by atoms with Gasteiger partial charge in [0.1, 0.15) is 5.00 Å². The lowest BCUT2D eigenvalue weighted by molar-refractivity contribution is 0.468. The first-order chi connectivity index (χ1) is 8.90. The average Bonchev–Trinajstić information content (AvgIpc) is 3.00. The molecule has 3 rings (SSSR count). The molecule has 0 spiro atoms. The Bertz CT molecular complexity index is 512. The van der Waals surface area contributed by atoms with E-state index in [0.29, 0.717) is 6.04 Å². The van der Waals surface area contributed by atoms with E-state index in [0.717, 1.165) is 6.54 Å².